The van der Waals surface area contributed by atoms with Crippen molar-refractivity contribution in [3.63, 3.8) is 0 Å². The number of hydrogen-bond acceptors (Lipinski definition) is 2. The monoisotopic (exact) mass is 263 g/mol. The summed E-state index contributed by atoms with van der Waals surface area (Å²) >= 11 is 1.69. The minimum Gasteiger partial charge on any atom is -0.245 e. The van der Waals surface area contributed by atoms with E-state index in [0.717, 1.165) is 11.4 Å². The van der Waals surface area contributed by atoms with Gasteiger partial charge < -0.3 is 0 Å². The van der Waals surface area contributed by atoms with Crippen molar-refractivity contribution in [3.05, 3.63) is 29.3 Å². The van der Waals surface area contributed by atoms with E-state index in [2.05, 4.69) is 37.0 Å². The van der Waals surface area contributed by atoms with E-state index in [1.165, 1.54) is 42.4 Å². The van der Waals surface area contributed by atoms with Crippen LogP contribution in [0.2, 0.25) is 0 Å². The third-order valence-corrected chi connectivity index (χ3v) is 4.17. The SMILES string of the molecule is C.CC1CCCCC1.Cc1ccc2ncsc2c1. The lowest BCUT2D eigenvalue weighted by molar-refractivity contribution is 0.385. The minimum atomic E-state index is 0. The third-order valence-electron chi connectivity index (χ3n) is 3.38. The van der Waals surface area contributed by atoms with Crippen molar-refractivity contribution in [1.82, 2.24) is 4.98 Å². The highest BCUT2D eigenvalue weighted by Gasteiger charge is 2.05. The second kappa shape index (κ2) is 7.52. The molecule has 1 aromatic carbocycles. The zero-order valence-electron chi connectivity index (χ0n) is 10.8. The van der Waals surface area contributed by atoms with Crippen molar-refractivity contribution in [2.45, 2.75) is 53.4 Å². The van der Waals surface area contributed by atoms with Crippen LogP contribution in [0.1, 0.15) is 52.0 Å². The highest BCUT2D eigenvalue weighted by Crippen LogP contribution is 2.22. The van der Waals surface area contributed by atoms with Crippen molar-refractivity contribution in [1.29, 1.82) is 0 Å². The maximum Gasteiger partial charge on any atom is 0.0812 e. The fourth-order valence-corrected chi connectivity index (χ4v) is 3.04. The zero-order valence-corrected chi connectivity index (χ0v) is 11.6. The highest BCUT2D eigenvalue weighted by molar-refractivity contribution is 7.16. The van der Waals surface area contributed by atoms with Crippen LogP contribution in [0.3, 0.4) is 0 Å². The van der Waals surface area contributed by atoms with E-state index in [0.29, 0.717) is 0 Å². The van der Waals surface area contributed by atoms with E-state index in [9.17, 15) is 0 Å². The number of hydrogen-bond donors (Lipinski definition) is 0. The van der Waals surface area contributed by atoms with Gasteiger partial charge in [0.1, 0.15) is 0 Å². The first-order chi connectivity index (χ1) is 8.25. The molecule has 0 saturated heterocycles. The predicted molar refractivity (Wildman–Crippen MR) is 83.3 cm³/mol. The fraction of sp³-hybridized carbons (Fsp3) is 0.562. The topological polar surface area (TPSA) is 12.9 Å². The van der Waals surface area contributed by atoms with Crippen molar-refractivity contribution < 1.29 is 0 Å². The Kier molecular flexibility index (Phi) is 6.34. The van der Waals surface area contributed by atoms with Gasteiger partial charge in [-0.25, -0.2) is 4.98 Å². The summed E-state index contributed by atoms with van der Waals surface area (Å²) in [5.41, 5.74) is 4.29. The first-order valence-corrected chi connectivity index (χ1v) is 7.43. The molecule has 2 aromatic rings. The van der Waals surface area contributed by atoms with Crippen LogP contribution in [-0.4, -0.2) is 4.98 Å². The summed E-state index contributed by atoms with van der Waals surface area (Å²) in [6, 6.07) is 6.30. The van der Waals surface area contributed by atoms with Crippen LogP contribution in [0.15, 0.2) is 23.7 Å². The molecule has 1 heterocycles. The molecule has 0 spiro atoms. The van der Waals surface area contributed by atoms with Gasteiger partial charge >= 0.3 is 0 Å². The molecule has 3 rings (SSSR count). The van der Waals surface area contributed by atoms with Gasteiger partial charge in [0.05, 0.1) is 15.7 Å². The number of thiazole rings is 1. The highest BCUT2D eigenvalue weighted by atomic mass is 32.1. The van der Waals surface area contributed by atoms with Gasteiger partial charge in [0.2, 0.25) is 0 Å². The number of fused-ring (bicyclic) bond motifs is 1. The molecule has 0 unspecified atom stereocenters. The molecule has 1 fully saturated rings. The molecular weight excluding hydrogens is 238 g/mol. The smallest absolute Gasteiger partial charge is 0.0812 e. The quantitative estimate of drug-likeness (QED) is 0.583. The van der Waals surface area contributed by atoms with Gasteiger partial charge in [-0.05, 0) is 30.5 Å². The number of benzene rings is 1. The molecule has 0 radical (unpaired) electrons. The number of rotatable bonds is 0. The summed E-state index contributed by atoms with van der Waals surface area (Å²) in [5.74, 6) is 1.04. The van der Waals surface area contributed by atoms with Gasteiger partial charge in [-0.2, -0.15) is 0 Å². The van der Waals surface area contributed by atoms with Crippen LogP contribution < -0.4 is 0 Å². The second-order valence-corrected chi connectivity index (χ2v) is 5.95. The average molecular weight is 263 g/mol. The molecule has 1 aliphatic carbocycles. The normalized spacial score (nSPS) is 15.7. The van der Waals surface area contributed by atoms with Crippen molar-refractivity contribution in [2.24, 2.45) is 5.92 Å². The van der Waals surface area contributed by atoms with Crippen LogP contribution in [0.4, 0.5) is 0 Å². The van der Waals surface area contributed by atoms with Crippen molar-refractivity contribution in [3.8, 4) is 0 Å². The molecule has 2 heteroatoms. The summed E-state index contributed by atoms with van der Waals surface area (Å²) in [7, 11) is 0. The molecular formula is C16H25NS. The molecule has 0 N–H and O–H groups in total. The molecule has 1 aliphatic rings. The molecule has 0 bridgehead atoms. The van der Waals surface area contributed by atoms with E-state index in [-0.39, 0.29) is 7.43 Å². The molecule has 1 saturated carbocycles. The van der Waals surface area contributed by atoms with Crippen LogP contribution in [0, 0.1) is 12.8 Å². The molecule has 100 valence electrons. The van der Waals surface area contributed by atoms with E-state index >= 15 is 0 Å². The van der Waals surface area contributed by atoms with Crippen LogP contribution >= 0.6 is 11.3 Å². The van der Waals surface area contributed by atoms with E-state index in [4.69, 9.17) is 0 Å². The number of aromatic nitrogens is 1. The Labute approximate surface area is 115 Å². The van der Waals surface area contributed by atoms with Crippen LogP contribution in [-0.2, 0) is 0 Å². The number of nitrogens with zero attached hydrogens (tertiary/aromatic N) is 1. The first kappa shape index (κ1) is 15.2. The largest absolute Gasteiger partial charge is 0.245 e. The van der Waals surface area contributed by atoms with Gasteiger partial charge in [-0.15, -0.1) is 11.3 Å². The van der Waals surface area contributed by atoms with Gasteiger partial charge in [0.15, 0.2) is 0 Å². The zero-order chi connectivity index (χ0) is 12.1. The molecule has 1 nitrogen and oxygen atoms in total. The second-order valence-electron chi connectivity index (χ2n) is 5.07. The molecule has 1 aromatic heterocycles. The Morgan fingerprint density at radius 2 is 1.89 bits per heavy atom. The molecule has 18 heavy (non-hydrogen) atoms. The Hall–Kier alpha value is -0.890. The van der Waals surface area contributed by atoms with E-state index in [1.54, 1.807) is 11.3 Å². The summed E-state index contributed by atoms with van der Waals surface area (Å²) in [4.78, 5) is 4.18. The molecule has 0 amide bonds. The lowest BCUT2D eigenvalue weighted by atomic mass is 9.91. The third kappa shape index (κ3) is 4.41. The Balaban J connectivity index is 0.000000181. The average Bonchev–Trinajstić information content (AvgIpc) is 2.78. The van der Waals surface area contributed by atoms with Gasteiger partial charge in [0, 0.05) is 0 Å². The van der Waals surface area contributed by atoms with Gasteiger partial charge in [-0.1, -0.05) is 52.5 Å². The summed E-state index contributed by atoms with van der Waals surface area (Å²) < 4.78 is 1.28. The first-order valence-electron chi connectivity index (χ1n) is 6.55. The maximum absolute atomic E-state index is 4.18. The van der Waals surface area contributed by atoms with Crippen LogP contribution in [0.5, 0.6) is 0 Å². The summed E-state index contributed by atoms with van der Waals surface area (Å²) in [5, 5.41) is 0. The maximum atomic E-state index is 4.18. The lowest BCUT2D eigenvalue weighted by Gasteiger charge is -2.15. The van der Waals surface area contributed by atoms with E-state index in [1.807, 2.05) is 5.51 Å². The summed E-state index contributed by atoms with van der Waals surface area (Å²) in [6.07, 6.45) is 7.44. The van der Waals surface area contributed by atoms with Crippen molar-refractivity contribution >= 4 is 21.6 Å². The van der Waals surface area contributed by atoms with Gasteiger partial charge in [0.25, 0.3) is 0 Å². The molecule has 0 aliphatic heterocycles. The van der Waals surface area contributed by atoms with Gasteiger partial charge in [-0.3, -0.25) is 0 Å². The fourth-order valence-electron chi connectivity index (χ4n) is 2.27. The predicted octanol–water partition coefficient (Wildman–Crippen LogP) is 5.83. The van der Waals surface area contributed by atoms with Crippen molar-refractivity contribution in [2.75, 3.05) is 0 Å². The number of aryl methyl sites for hydroxylation is 1. The standard InChI is InChI=1S/C8H7NS.C7H14.CH4/c1-6-2-3-7-8(4-6)10-5-9-7;1-7-5-3-2-4-6-7;/h2-5H,1H3;7H,2-6H2,1H3;1H4. The Bertz CT molecular complexity index is 455. The minimum absolute atomic E-state index is 0. The van der Waals surface area contributed by atoms with E-state index < -0.39 is 0 Å². The molecule has 0 atom stereocenters. The Morgan fingerprint density at radius 1 is 1.17 bits per heavy atom. The van der Waals surface area contributed by atoms with Crippen LogP contribution in [0.25, 0.3) is 10.2 Å². The lowest BCUT2D eigenvalue weighted by Crippen LogP contribution is -1.99. The summed E-state index contributed by atoms with van der Waals surface area (Å²) in [6.45, 7) is 4.46. The Morgan fingerprint density at radius 3 is 2.50 bits per heavy atom.